The average molecular weight is 183 g/mol. The molecule has 1 atom stereocenters. The van der Waals surface area contributed by atoms with Crippen LogP contribution in [0.2, 0.25) is 0 Å². The Kier molecular flexibility index (Phi) is 2.05. The van der Waals surface area contributed by atoms with Gasteiger partial charge in [-0.05, 0) is 13.3 Å². The van der Waals surface area contributed by atoms with Gasteiger partial charge in [0.05, 0.1) is 12.1 Å². The molecule has 0 bridgehead atoms. The van der Waals surface area contributed by atoms with Gasteiger partial charge in [-0.3, -0.25) is 4.90 Å². The van der Waals surface area contributed by atoms with Gasteiger partial charge in [0.2, 0.25) is 6.39 Å². The molecule has 1 aliphatic heterocycles. The standard InChI is InChI=1S/C8H13N3O2/c1-8(12)2-3-11(5-8)4-7-9-6-13-10-7/h6,12H,2-5H2,1H3. The number of aliphatic hydroxyl groups is 1. The molecular formula is C8H13N3O2. The molecule has 72 valence electrons. The van der Waals surface area contributed by atoms with Crippen molar-refractivity contribution >= 4 is 0 Å². The minimum absolute atomic E-state index is 0.552. The quantitative estimate of drug-likeness (QED) is 0.700. The molecular weight excluding hydrogens is 170 g/mol. The van der Waals surface area contributed by atoms with Crippen molar-refractivity contribution in [2.75, 3.05) is 13.1 Å². The monoisotopic (exact) mass is 183 g/mol. The summed E-state index contributed by atoms with van der Waals surface area (Å²) < 4.78 is 4.63. The maximum absolute atomic E-state index is 9.69. The van der Waals surface area contributed by atoms with Gasteiger partial charge in [0.15, 0.2) is 5.82 Å². The van der Waals surface area contributed by atoms with E-state index in [1.54, 1.807) is 0 Å². The fraction of sp³-hybridized carbons (Fsp3) is 0.750. The Morgan fingerprint density at radius 2 is 2.62 bits per heavy atom. The van der Waals surface area contributed by atoms with Gasteiger partial charge in [0.25, 0.3) is 0 Å². The predicted molar refractivity (Wildman–Crippen MR) is 44.8 cm³/mol. The van der Waals surface area contributed by atoms with Crippen LogP contribution < -0.4 is 0 Å². The predicted octanol–water partition coefficient (Wildman–Crippen LogP) is 0.0263. The number of hydrogen-bond donors (Lipinski definition) is 1. The third-order valence-corrected chi connectivity index (χ3v) is 2.30. The van der Waals surface area contributed by atoms with Gasteiger partial charge in [0.1, 0.15) is 0 Å². The SMILES string of the molecule is CC1(O)CCN(Cc2ncon2)C1. The number of rotatable bonds is 2. The molecule has 1 aromatic rings. The molecule has 1 aliphatic rings. The topological polar surface area (TPSA) is 62.4 Å². The second kappa shape index (κ2) is 3.08. The van der Waals surface area contributed by atoms with Crippen molar-refractivity contribution < 1.29 is 9.63 Å². The molecule has 1 unspecified atom stereocenters. The molecule has 0 amide bonds. The molecule has 2 rings (SSSR count). The Morgan fingerprint density at radius 3 is 3.15 bits per heavy atom. The highest BCUT2D eigenvalue weighted by Crippen LogP contribution is 2.20. The Morgan fingerprint density at radius 1 is 1.77 bits per heavy atom. The second-order valence-corrected chi connectivity index (χ2v) is 3.81. The van der Waals surface area contributed by atoms with E-state index in [0.717, 1.165) is 13.0 Å². The van der Waals surface area contributed by atoms with E-state index in [4.69, 9.17) is 0 Å². The lowest BCUT2D eigenvalue weighted by molar-refractivity contribution is 0.0675. The maximum atomic E-state index is 9.69. The van der Waals surface area contributed by atoms with Gasteiger partial charge >= 0.3 is 0 Å². The lowest BCUT2D eigenvalue weighted by Gasteiger charge is -2.16. The zero-order chi connectivity index (χ0) is 9.31. The van der Waals surface area contributed by atoms with E-state index < -0.39 is 5.60 Å². The third-order valence-electron chi connectivity index (χ3n) is 2.30. The van der Waals surface area contributed by atoms with Crippen LogP contribution >= 0.6 is 0 Å². The molecule has 2 heterocycles. The number of likely N-dealkylation sites (tertiary alicyclic amines) is 1. The van der Waals surface area contributed by atoms with Gasteiger partial charge in [0, 0.05) is 13.1 Å². The largest absolute Gasteiger partial charge is 0.389 e. The summed E-state index contributed by atoms with van der Waals surface area (Å²) in [5, 5.41) is 13.4. The lowest BCUT2D eigenvalue weighted by atomic mass is 10.1. The van der Waals surface area contributed by atoms with Crippen LogP contribution in [0.25, 0.3) is 0 Å². The van der Waals surface area contributed by atoms with E-state index in [1.165, 1.54) is 6.39 Å². The van der Waals surface area contributed by atoms with Gasteiger partial charge < -0.3 is 9.63 Å². The summed E-state index contributed by atoms with van der Waals surface area (Å²) in [6.07, 6.45) is 2.13. The first kappa shape index (κ1) is 8.65. The average Bonchev–Trinajstić information content (AvgIpc) is 2.61. The summed E-state index contributed by atoms with van der Waals surface area (Å²) in [5.41, 5.74) is -0.552. The third kappa shape index (κ3) is 2.05. The zero-order valence-corrected chi connectivity index (χ0v) is 7.60. The van der Waals surface area contributed by atoms with Crippen LogP contribution in [0.15, 0.2) is 10.9 Å². The van der Waals surface area contributed by atoms with Crippen LogP contribution in [0.4, 0.5) is 0 Å². The van der Waals surface area contributed by atoms with E-state index >= 15 is 0 Å². The molecule has 5 heteroatoms. The van der Waals surface area contributed by atoms with Crippen molar-refractivity contribution in [3.8, 4) is 0 Å². The highest BCUT2D eigenvalue weighted by atomic mass is 16.5. The Labute approximate surface area is 76.4 Å². The molecule has 0 spiro atoms. The van der Waals surface area contributed by atoms with Crippen LogP contribution in [0.5, 0.6) is 0 Å². The summed E-state index contributed by atoms with van der Waals surface area (Å²) in [4.78, 5) is 6.04. The first-order chi connectivity index (χ1) is 6.16. The molecule has 0 saturated carbocycles. The summed E-state index contributed by atoms with van der Waals surface area (Å²) in [7, 11) is 0. The van der Waals surface area contributed by atoms with Crippen LogP contribution in [-0.2, 0) is 6.54 Å². The van der Waals surface area contributed by atoms with Crippen molar-refractivity contribution in [3.63, 3.8) is 0 Å². The van der Waals surface area contributed by atoms with Crippen LogP contribution in [0.3, 0.4) is 0 Å². The van der Waals surface area contributed by atoms with E-state index in [2.05, 4.69) is 19.6 Å². The number of nitrogens with zero attached hydrogens (tertiary/aromatic N) is 3. The van der Waals surface area contributed by atoms with Crippen molar-refractivity contribution in [2.24, 2.45) is 0 Å². The van der Waals surface area contributed by atoms with Gasteiger partial charge in [-0.25, -0.2) is 0 Å². The van der Waals surface area contributed by atoms with E-state index in [1.807, 2.05) is 6.92 Å². The molecule has 1 fully saturated rings. The molecule has 1 N–H and O–H groups in total. The minimum atomic E-state index is -0.552. The lowest BCUT2D eigenvalue weighted by Crippen LogP contribution is -2.29. The van der Waals surface area contributed by atoms with Crippen molar-refractivity contribution in [3.05, 3.63) is 12.2 Å². The van der Waals surface area contributed by atoms with Gasteiger partial charge in [-0.1, -0.05) is 5.16 Å². The van der Waals surface area contributed by atoms with E-state index in [9.17, 15) is 5.11 Å². The summed E-state index contributed by atoms with van der Waals surface area (Å²) >= 11 is 0. The fourth-order valence-corrected chi connectivity index (χ4v) is 1.64. The second-order valence-electron chi connectivity index (χ2n) is 3.81. The normalized spacial score (nSPS) is 29.7. The molecule has 0 aromatic carbocycles. The minimum Gasteiger partial charge on any atom is -0.389 e. The van der Waals surface area contributed by atoms with E-state index in [-0.39, 0.29) is 0 Å². The summed E-state index contributed by atoms with van der Waals surface area (Å²) in [6.45, 7) is 4.08. The smallest absolute Gasteiger partial charge is 0.213 e. The van der Waals surface area contributed by atoms with Crippen molar-refractivity contribution in [2.45, 2.75) is 25.5 Å². The van der Waals surface area contributed by atoms with Crippen LogP contribution in [-0.4, -0.2) is 38.8 Å². The Balaban J connectivity index is 1.91. The molecule has 5 nitrogen and oxygen atoms in total. The maximum Gasteiger partial charge on any atom is 0.213 e. The highest BCUT2D eigenvalue weighted by molar-refractivity contribution is 4.89. The first-order valence-electron chi connectivity index (χ1n) is 4.36. The molecule has 1 aromatic heterocycles. The molecule has 0 aliphatic carbocycles. The van der Waals surface area contributed by atoms with E-state index in [0.29, 0.717) is 18.9 Å². The Hall–Kier alpha value is -0.940. The highest BCUT2D eigenvalue weighted by Gasteiger charge is 2.31. The molecule has 0 radical (unpaired) electrons. The Bertz CT molecular complexity index is 271. The zero-order valence-electron chi connectivity index (χ0n) is 7.60. The summed E-state index contributed by atoms with van der Waals surface area (Å²) in [5.74, 6) is 0.678. The number of β-amino-alcohol motifs (C(OH)–C–C–N with tert-alkyl or cyclic N) is 1. The van der Waals surface area contributed by atoms with Crippen LogP contribution in [0, 0.1) is 0 Å². The van der Waals surface area contributed by atoms with Crippen molar-refractivity contribution in [1.29, 1.82) is 0 Å². The molecule has 1 saturated heterocycles. The van der Waals surface area contributed by atoms with Gasteiger partial charge in [-0.2, -0.15) is 4.98 Å². The molecule has 13 heavy (non-hydrogen) atoms. The number of aromatic nitrogens is 2. The fourth-order valence-electron chi connectivity index (χ4n) is 1.64. The van der Waals surface area contributed by atoms with Crippen molar-refractivity contribution in [1.82, 2.24) is 15.0 Å². The number of hydrogen-bond acceptors (Lipinski definition) is 5. The summed E-state index contributed by atoms with van der Waals surface area (Å²) in [6, 6.07) is 0. The van der Waals surface area contributed by atoms with Crippen LogP contribution in [0.1, 0.15) is 19.2 Å². The first-order valence-corrected chi connectivity index (χ1v) is 4.36. The van der Waals surface area contributed by atoms with Gasteiger partial charge in [-0.15, -0.1) is 0 Å².